The maximum absolute atomic E-state index is 11.8. The van der Waals surface area contributed by atoms with E-state index in [4.69, 9.17) is 28.2 Å². The van der Waals surface area contributed by atoms with Crippen LogP contribution >= 0.6 is 11.6 Å². The number of primary amides is 1. The molecule has 0 fully saturated rings. The number of carbonyl (C=O) groups is 1. The minimum atomic E-state index is -3.81. The van der Waals surface area contributed by atoms with Gasteiger partial charge in [-0.3, -0.25) is 4.79 Å². The summed E-state index contributed by atoms with van der Waals surface area (Å²) in [5.41, 5.74) is 14.4. The Morgan fingerprint density at radius 3 is 2.07 bits per heavy atom. The van der Waals surface area contributed by atoms with E-state index in [1.165, 1.54) is 12.1 Å². The first-order valence-corrected chi connectivity index (χ1v) is 9.97. The van der Waals surface area contributed by atoms with Gasteiger partial charge in [0.05, 0.1) is 16.1 Å². The van der Waals surface area contributed by atoms with E-state index in [2.05, 4.69) is 5.32 Å². The summed E-state index contributed by atoms with van der Waals surface area (Å²) in [5, 5.41) is 8.88. The van der Waals surface area contributed by atoms with Crippen LogP contribution in [0.4, 0.5) is 17.1 Å². The molecule has 0 saturated carbocycles. The van der Waals surface area contributed by atoms with E-state index in [-0.39, 0.29) is 16.1 Å². The van der Waals surface area contributed by atoms with E-state index in [1.54, 1.807) is 48.5 Å². The molecule has 0 saturated heterocycles. The molecule has 1 amide bonds. The Morgan fingerprint density at radius 2 is 1.54 bits per heavy atom. The maximum Gasteiger partial charge on any atom is 0.250 e. The molecule has 3 aromatic rings. The zero-order chi connectivity index (χ0) is 20.5. The summed E-state index contributed by atoms with van der Waals surface area (Å²) in [4.78, 5) is 11.8. The first-order valence-electron chi connectivity index (χ1n) is 8.04. The second-order valence-corrected chi connectivity index (χ2v) is 8.05. The average Bonchev–Trinajstić information content (AvgIpc) is 2.64. The minimum absolute atomic E-state index is 0.0274. The first-order chi connectivity index (χ1) is 13.1. The van der Waals surface area contributed by atoms with Crippen LogP contribution < -0.4 is 21.9 Å². The van der Waals surface area contributed by atoms with Gasteiger partial charge in [-0.15, -0.1) is 0 Å². The number of carbonyl (C=O) groups excluding carboxylic acids is 1. The Bertz CT molecular complexity index is 1150. The number of sulfonamides is 1. The number of benzene rings is 3. The lowest BCUT2D eigenvalue weighted by atomic mass is 9.98. The topological polar surface area (TPSA) is 141 Å². The first kappa shape index (κ1) is 19.7. The number of anilines is 3. The van der Waals surface area contributed by atoms with E-state index in [0.717, 1.165) is 5.69 Å². The third-order valence-electron chi connectivity index (χ3n) is 4.07. The van der Waals surface area contributed by atoms with E-state index in [9.17, 15) is 13.2 Å². The lowest BCUT2D eigenvalue weighted by Crippen LogP contribution is -2.14. The van der Waals surface area contributed by atoms with Crippen molar-refractivity contribution in [3.8, 4) is 11.1 Å². The van der Waals surface area contributed by atoms with Crippen molar-refractivity contribution >= 4 is 44.6 Å². The molecule has 0 aliphatic heterocycles. The highest BCUT2D eigenvalue weighted by Gasteiger charge is 2.15. The van der Waals surface area contributed by atoms with Crippen molar-refractivity contribution in [3.05, 3.63) is 71.2 Å². The van der Waals surface area contributed by atoms with Crippen molar-refractivity contribution in [1.82, 2.24) is 0 Å². The average molecular weight is 417 g/mol. The molecular formula is C19H17ClN4O3S. The van der Waals surface area contributed by atoms with Crippen molar-refractivity contribution in [2.75, 3.05) is 11.1 Å². The van der Waals surface area contributed by atoms with E-state index in [0.29, 0.717) is 21.8 Å². The summed E-state index contributed by atoms with van der Waals surface area (Å²) in [6.07, 6.45) is 0. The zero-order valence-corrected chi connectivity index (χ0v) is 16.1. The van der Waals surface area contributed by atoms with Gasteiger partial charge in [0, 0.05) is 22.0 Å². The van der Waals surface area contributed by atoms with Crippen LogP contribution in [0.5, 0.6) is 0 Å². The fourth-order valence-electron chi connectivity index (χ4n) is 2.69. The standard InChI is InChI=1S/C19H17ClN4O3S/c20-12-3-5-13(6-4-12)24-14-9-16(18(21)17(10-14)19(22)25)11-1-7-15(8-2-11)28(23,26)27/h1-10,24H,21H2,(H2,22,25)(H2,23,26,27). The highest BCUT2D eigenvalue weighted by molar-refractivity contribution is 7.89. The molecule has 0 spiro atoms. The monoisotopic (exact) mass is 416 g/mol. The van der Waals surface area contributed by atoms with Crippen LogP contribution in [0, 0.1) is 0 Å². The zero-order valence-electron chi connectivity index (χ0n) is 14.5. The van der Waals surface area contributed by atoms with Gasteiger partial charge >= 0.3 is 0 Å². The van der Waals surface area contributed by atoms with Gasteiger partial charge in [0.25, 0.3) is 5.91 Å². The molecule has 0 atom stereocenters. The number of rotatable bonds is 5. The van der Waals surface area contributed by atoms with Crippen molar-refractivity contribution in [1.29, 1.82) is 0 Å². The maximum atomic E-state index is 11.8. The molecule has 0 heterocycles. The fraction of sp³-hybridized carbons (Fsp3) is 0. The van der Waals surface area contributed by atoms with Crippen LogP contribution in [0.1, 0.15) is 10.4 Å². The molecule has 7 nitrogen and oxygen atoms in total. The van der Waals surface area contributed by atoms with Crippen molar-refractivity contribution in [3.63, 3.8) is 0 Å². The molecule has 144 valence electrons. The predicted molar refractivity (Wildman–Crippen MR) is 111 cm³/mol. The highest BCUT2D eigenvalue weighted by atomic mass is 35.5. The molecule has 3 rings (SSSR count). The largest absolute Gasteiger partial charge is 0.398 e. The summed E-state index contributed by atoms with van der Waals surface area (Å²) < 4.78 is 22.9. The lowest BCUT2D eigenvalue weighted by Gasteiger charge is -2.15. The fourth-order valence-corrected chi connectivity index (χ4v) is 3.33. The van der Waals surface area contributed by atoms with Crippen molar-refractivity contribution in [2.24, 2.45) is 10.9 Å². The SMILES string of the molecule is NC(=O)c1cc(Nc2ccc(Cl)cc2)cc(-c2ccc(S(N)(=O)=O)cc2)c1N. The molecule has 3 aromatic carbocycles. The van der Waals surface area contributed by atoms with E-state index < -0.39 is 15.9 Å². The number of hydrogen-bond acceptors (Lipinski definition) is 5. The molecular weight excluding hydrogens is 400 g/mol. The van der Waals surface area contributed by atoms with Gasteiger partial charge in [0.1, 0.15) is 0 Å². The van der Waals surface area contributed by atoms with Crippen molar-refractivity contribution in [2.45, 2.75) is 4.90 Å². The lowest BCUT2D eigenvalue weighted by molar-refractivity contribution is 0.100. The van der Waals surface area contributed by atoms with Crippen LogP contribution in [-0.4, -0.2) is 14.3 Å². The van der Waals surface area contributed by atoms with Gasteiger partial charge in [0.2, 0.25) is 10.0 Å². The normalized spacial score (nSPS) is 11.2. The number of halogens is 1. The van der Waals surface area contributed by atoms with Crippen LogP contribution in [0.3, 0.4) is 0 Å². The number of nitrogens with two attached hydrogens (primary N) is 3. The second kappa shape index (κ2) is 7.51. The third kappa shape index (κ3) is 4.25. The van der Waals surface area contributed by atoms with E-state index in [1.807, 2.05) is 0 Å². The van der Waals surface area contributed by atoms with Crippen LogP contribution in [-0.2, 0) is 10.0 Å². The molecule has 0 aromatic heterocycles. The molecule has 0 unspecified atom stereocenters. The quantitative estimate of drug-likeness (QED) is 0.473. The van der Waals surface area contributed by atoms with Crippen LogP contribution in [0.2, 0.25) is 5.02 Å². The summed E-state index contributed by atoms with van der Waals surface area (Å²) in [7, 11) is -3.81. The number of nitrogen functional groups attached to an aromatic ring is 1. The van der Waals surface area contributed by atoms with Crippen molar-refractivity contribution < 1.29 is 13.2 Å². The summed E-state index contributed by atoms with van der Waals surface area (Å²) in [5.74, 6) is -0.681. The molecule has 9 heteroatoms. The van der Waals surface area contributed by atoms with E-state index >= 15 is 0 Å². The smallest absolute Gasteiger partial charge is 0.250 e. The Kier molecular flexibility index (Phi) is 5.28. The minimum Gasteiger partial charge on any atom is -0.398 e. The van der Waals surface area contributed by atoms with Gasteiger partial charge in [0.15, 0.2) is 0 Å². The summed E-state index contributed by atoms with van der Waals surface area (Å²) >= 11 is 5.90. The molecule has 0 bridgehead atoms. The number of nitrogens with one attached hydrogen (secondary N) is 1. The molecule has 28 heavy (non-hydrogen) atoms. The number of primary sulfonamides is 1. The number of amides is 1. The summed E-state index contributed by atoms with van der Waals surface area (Å²) in [6.45, 7) is 0. The highest BCUT2D eigenvalue weighted by Crippen LogP contribution is 2.34. The van der Waals surface area contributed by atoms with Gasteiger partial charge in [-0.25, -0.2) is 13.6 Å². The third-order valence-corrected chi connectivity index (χ3v) is 5.25. The Hall–Kier alpha value is -3.07. The summed E-state index contributed by atoms with van der Waals surface area (Å²) in [6, 6.07) is 16.2. The Labute approximate surface area is 167 Å². The predicted octanol–water partition coefficient (Wildman–Crippen LogP) is 3.08. The van der Waals surface area contributed by atoms with Crippen LogP contribution in [0.25, 0.3) is 11.1 Å². The molecule has 7 N–H and O–H groups in total. The molecule has 0 aliphatic carbocycles. The van der Waals surface area contributed by atoms with Crippen LogP contribution in [0.15, 0.2) is 65.6 Å². The van der Waals surface area contributed by atoms with Gasteiger partial charge < -0.3 is 16.8 Å². The molecule has 0 aliphatic rings. The van der Waals surface area contributed by atoms with Gasteiger partial charge in [-0.05, 0) is 54.1 Å². The second-order valence-electron chi connectivity index (χ2n) is 6.05. The van der Waals surface area contributed by atoms with Gasteiger partial charge in [-0.1, -0.05) is 23.7 Å². The van der Waals surface area contributed by atoms with Gasteiger partial charge in [-0.2, -0.15) is 0 Å². The Balaban J connectivity index is 2.08. The molecule has 0 radical (unpaired) electrons. The number of hydrogen-bond donors (Lipinski definition) is 4. The Morgan fingerprint density at radius 1 is 0.929 bits per heavy atom.